The minimum absolute atomic E-state index is 0.00262. The Morgan fingerprint density at radius 1 is 1.10 bits per heavy atom. The molecule has 0 aliphatic rings. The number of benzene rings is 2. The van der Waals surface area contributed by atoms with Gasteiger partial charge < -0.3 is 5.32 Å². The highest BCUT2D eigenvalue weighted by molar-refractivity contribution is 7.92. The van der Waals surface area contributed by atoms with Crippen molar-refractivity contribution in [3.8, 4) is 11.3 Å². The van der Waals surface area contributed by atoms with E-state index >= 15 is 0 Å². The number of anilines is 2. The van der Waals surface area contributed by atoms with E-state index in [0.29, 0.717) is 17.8 Å². The van der Waals surface area contributed by atoms with E-state index in [4.69, 9.17) is 0 Å². The largest absolute Gasteiger partial charge is 0.322 e. The van der Waals surface area contributed by atoms with Crippen molar-refractivity contribution in [1.29, 1.82) is 0 Å². The van der Waals surface area contributed by atoms with Gasteiger partial charge in [-0.15, -0.1) is 0 Å². The molecule has 1 aromatic heterocycles. The summed E-state index contributed by atoms with van der Waals surface area (Å²) in [6, 6.07) is 9.16. The van der Waals surface area contributed by atoms with E-state index in [1.165, 1.54) is 41.2 Å². The van der Waals surface area contributed by atoms with Crippen LogP contribution in [0.25, 0.3) is 11.3 Å². The number of aryl methyl sites for hydroxylation is 1. The standard InChI is InChI=1S/C20H20F2N4O3S/c1-3-10-30(28,29)25-15-7-5-14(6-8-15)23-20(27)17-12-26(2)24-19(17)16-9-4-13(21)11-18(16)22/h4-9,11-12,25H,3,10H2,1-2H3,(H,23,27). The zero-order chi connectivity index (χ0) is 21.9. The van der Waals surface area contributed by atoms with Crippen molar-refractivity contribution in [1.82, 2.24) is 9.78 Å². The van der Waals surface area contributed by atoms with Gasteiger partial charge in [0.2, 0.25) is 10.0 Å². The average Bonchev–Trinajstić information content (AvgIpc) is 3.04. The number of nitrogens with one attached hydrogen (secondary N) is 2. The average molecular weight is 434 g/mol. The molecule has 10 heteroatoms. The first-order valence-electron chi connectivity index (χ1n) is 9.09. The Morgan fingerprint density at radius 2 is 1.77 bits per heavy atom. The van der Waals surface area contributed by atoms with Crippen LogP contribution >= 0.6 is 0 Å². The molecule has 0 aliphatic heterocycles. The van der Waals surface area contributed by atoms with E-state index in [-0.39, 0.29) is 22.6 Å². The molecule has 0 saturated heterocycles. The van der Waals surface area contributed by atoms with Gasteiger partial charge in [-0.3, -0.25) is 14.2 Å². The van der Waals surface area contributed by atoms with Crippen molar-refractivity contribution >= 4 is 27.3 Å². The Morgan fingerprint density at radius 3 is 2.40 bits per heavy atom. The fourth-order valence-corrected chi connectivity index (χ4v) is 3.99. The SMILES string of the molecule is CCCS(=O)(=O)Nc1ccc(NC(=O)c2cn(C)nc2-c2ccc(F)cc2F)cc1. The summed E-state index contributed by atoms with van der Waals surface area (Å²) in [5, 5.41) is 6.78. The lowest BCUT2D eigenvalue weighted by atomic mass is 10.1. The number of halogens is 2. The monoisotopic (exact) mass is 434 g/mol. The minimum atomic E-state index is -3.41. The van der Waals surface area contributed by atoms with E-state index in [1.807, 2.05) is 0 Å². The summed E-state index contributed by atoms with van der Waals surface area (Å²) in [7, 11) is -1.83. The number of rotatable bonds is 7. The molecule has 0 atom stereocenters. The van der Waals surface area contributed by atoms with E-state index in [9.17, 15) is 22.0 Å². The second-order valence-corrected chi connectivity index (χ2v) is 8.48. The lowest BCUT2D eigenvalue weighted by Crippen LogP contribution is -2.16. The summed E-state index contributed by atoms with van der Waals surface area (Å²) in [6.45, 7) is 1.77. The highest BCUT2D eigenvalue weighted by Crippen LogP contribution is 2.26. The summed E-state index contributed by atoms with van der Waals surface area (Å²) in [5.41, 5.74) is 0.972. The number of amides is 1. The molecular weight excluding hydrogens is 414 g/mol. The summed E-state index contributed by atoms with van der Waals surface area (Å²) in [4.78, 5) is 12.7. The molecule has 2 N–H and O–H groups in total. The Kier molecular flexibility index (Phi) is 6.16. The molecule has 7 nitrogen and oxygen atoms in total. The molecule has 0 saturated carbocycles. The predicted molar refractivity (Wildman–Crippen MR) is 111 cm³/mol. The van der Waals surface area contributed by atoms with Crippen molar-refractivity contribution in [3.63, 3.8) is 0 Å². The van der Waals surface area contributed by atoms with E-state index in [1.54, 1.807) is 14.0 Å². The van der Waals surface area contributed by atoms with Crippen LogP contribution in [0.1, 0.15) is 23.7 Å². The molecule has 0 spiro atoms. The minimum Gasteiger partial charge on any atom is -0.322 e. The maximum atomic E-state index is 14.2. The predicted octanol–water partition coefficient (Wildman–Crippen LogP) is 3.77. The van der Waals surface area contributed by atoms with Crippen LogP contribution in [-0.4, -0.2) is 29.9 Å². The van der Waals surface area contributed by atoms with Gasteiger partial charge in [0.15, 0.2) is 0 Å². The number of carbonyl (C=O) groups excluding carboxylic acids is 1. The number of nitrogens with zero attached hydrogens (tertiary/aromatic N) is 2. The molecule has 0 aliphatic carbocycles. The van der Waals surface area contributed by atoms with Crippen LogP contribution in [0.2, 0.25) is 0 Å². The Balaban J connectivity index is 1.80. The highest BCUT2D eigenvalue weighted by atomic mass is 32.2. The van der Waals surface area contributed by atoms with Crippen molar-refractivity contribution in [2.75, 3.05) is 15.8 Å². The molecule has 0 fully saturated rings. The number of hydrogen-bond acceptors (Lipinski definition) is 4. The molecule has 1 heterocycles. The summed E-state index contributed by atoms with van der Waals surface area (Å²) in [5.74, 6) is -2.09. The van der Waals surface area contributed by atoms with Gasteiger partial charge in [-0.05, 0) is 42.8 Å². The first-order valence-corrected chi connectivity index (χ1v) is 10.7. The molecule has 3 rings (SSSR count). The van der Waals surface area contributed by atoms with Crippen LogP contribution < -0.4 is 10.0 Å². The van der Waals surface area contributed by atoms with Crippen molar-refractivity contribution in [2.24, 2.45) is 7.05 Å². The van der Waals surface area contributed by atoms with Gasteiger partial charge in [-0.25, -0.2) is 17.2 Å². The molecule has 2 aromatic carbocycles. The fourth-order valence-electron chi connectivity index (χ4n) is 2.85. The van der Waals surface area contributed by atoms with Gasteiger partial charge in [0.1, 0.15) is 17.3 Å². The number of hydrogen-bond donors (Lipinski definition) is 2. The second-order valence-electron chi connectivity index (χ2n) is 6.64. The Hall–Kier alpha value is -3.27. The van der Waals surface area contributed by atoms with Gasteiger partial charge in [-0.2, -0.15) is 5.10 Å². The van der Waals surface area contributed by atoms with Crippen LogP contribution in [0.5, 0.6) is 0 Å². The first-order chi connectivity index (χ1) is 14.2. The normalized spacial score (nSPS) is 11.3. The third-order valence-corrected chi connectivity index (χ3v) is 5.64. The maximum Gasteiger partial charge on any atom is 0.259 e. The molecule has 3 aromatic rings. The van der Waals surface area contributed by atoms with Crippen LogP contribution in [0.3, 0.4) is 0 Å². The van der Waals surface area contributed by atoms with Gasteiger partial charge in [0.05, 0.1) is 11.3 Å². The van der Waals surface area contributed by atoms with E-state index < -0.39 is 27.6 Å². The smallest absolute Gasteiger partial charge is 0.259 e. The van der Waals surface area contributed by atoms with Gasteiger partial charge in [0, 0.05) is 36.2 Å². The molecule has 0 unspecified atom stereocenters. The summed E-state index contributed by atoms with van der Waals surface area (Å²) >= 11 is 0. The van der Waals surface area contributed by atoms with Crippen molar-refractivity contribution in [2.45, 2.75) is 13.3 Å². The van der Waals surface area contributed by atoms with Crippen molar-refractivity contribution < 1.29 is 22.0 Å². The topological polar surface area (TPSA) is 93.1 Å². The summed E-state index contributed by atoms with van der Waals surface area (Å²) in [6.07, 6.45) is 1.92. The molecule has 158 valence electrons. The quantitative estimate of drug-likeness (QED) is 0.592. The van der Waals surface area contributed by atoms with Gasteiger partial charge in [0.25, 0.3) is 5.91 Å². The lowest BCUT2D eigenvalue weighted by Gasteiger charge is -2.09. The van der Waals surface area contributed by atoms with E-state index in [2.05, 4.69) is 15.1 Å². The number of sulfonamides is 1. The molecule has 1 amide bonds. The van der Waals surface area contributed by atoms with E-state index in [0.717, 1.165) is 12.1 Å². The maximum absolute atomic E-state index is 14.2. The van der Waals surface area contributed by atoms with Crippen LogP contribution in [0.15, 0.2) is 48.7 Å². The first kappa shape index (κ1) is 21.4. The Bertz CT molecular complexity index is 1180. The van der Waals surface area contributed by atoms with Crippen LogP contribution in [-0.2, 0) is 17.1 Å². The molecule has 0 bridgehead atoms. The van der Waals surface area contributed by atoms with Crippen LogP contribution in [0.4, 0.5) is 20.2 Å². The van der Waals surface area contributed by atoms with Gasteiger partial charge >= 0.3 is 0 Å². The van der Waals surface area contributed by atoms with Crippen LogP contribution in [0, 0.1) is 11.6 Å². The zero-order valence-electron chi connectivity index (χ0n) is 16.3. The Labute approximate surface area is 172 Å². The third-order valence-electron chi connectivity index (χ3n) is 4.15. The highest BCUT2D eigenvalue weighted by Gasteiger charge is 2.20. The third kappa shape index (κ3) is 5.01. The molecule has 30 heavy (non-hydrogen) atoms. The fraction of sp³-hybridized carbons (Fsp3) is 0.200. The molecular formula is C20H20F2N4O3S. The number of carbonyl (C=O) groups is 1. The second kappa shape index (κ2) is 8.62. The lowest BCUT2D eigenvalue weighted by molar-refractivity contribution is 0.102. The van der Waals surface area contributed by atoms with Gasteiger partial charge in [-0.1, -0.05) is 6.92 Å². The zero-order valence-corrected chi connectivity index (χ0v) is 17.1. The summed E-state index contributed by atoms with van der Waals surface area (Å²) < 4.78 is 54.8. The molecule has 0 radical (unpaired) electrons. The number of aromatic nitrogens is 2. The van der Waals surface area contributed by atoms with Crippen molar-refractivity contribution in [3.05, 3.63) is 65.9 Å².